The number of anilines is 1. The number of methoxy groups -OCH3 is 1. The van der Waals surface area contributed by atoms with Crippen molar-refractivity contribution in [3.8, 4) is 11.1 Å². The number of rotatable bonds is 3. The summed E-state index contributed by atoms with van der Waals surface area (Å²) in [5.41, 5.74) is 2.43. The Kier molecular flexibility index (Phi) is 7.89. The minimum atomic E-state index is -0.903. The van der Waals surface area contributed by atoms with Gasteiger partial charge in [-0.3, -0.25) is 19.4 Å². The molecule has 0 saturated heterocycles. The first-order chi connectivity index (χ1) is 16.5. The molecule has 1 aliphatic rings. The van der Waals surface area contributed by atoms with Crippen LogP contribution in [0.15, 0.2) is 36.5 Å². The third-order valence-corrected chi connectivity index (χ3v) is 5.61. The number of Topliss-reactive ketones (excluding diaryl/α,β-unsaturated/α-hetero) is 1. The lowest BCUT2D eigenvalue weighted by atomic mass is 9.94. The van der Waals surface area contributed by atoms with Gasteiger partial charge in [0.1, 0.15) is 11.4 Å². The maximum atomic E-state index is 12.9. The van der Waals surface area contributed by atoms with E-state index in [9.17, 15) is 19.2 Å². The Morgan fingerprint density at radius 2 is 1.91 bits per heavy atom. The maximum Gasteiger partial charge on any atom is 0.408 e. The predicted octanol–water partition coefficient (Wildman–Crippen LogP) is 3.97. The van der Waals surface area contributed by atoms with E-state index in [0.717, 1.165) is 5.56 Å². The zero-order valence-electron chi connectivity index (χ0n) is 20.6. The summed E-state index contributed by atoms with van der Waals surface area (Å²) in [4.78, 5) is 54.4. The number of fused-ring (bicyclic) bond motifs is 4. The minimum Gasteiger partial charge on any atom is -0.469 e. The molecule has 2 heterocycles. The van der Waals surface area contributed by atoms with Crippen LogP contribution in [0, 0.1) is 5.92 Å². The molecule has 2 amide bonds. The van der Waals surface area contributed by atoms with Gasteiger partial charge >= 0.3 is 12.1 Å². The molecule has 2 bridgehead atoms. The van der Waals surface area contributed by atoms with E-state index in [0.29, 0.717) is 22.5 Å². The average molecular weight is 482 g/mol. The minimum absolute atomic E-state index is 0.0393. The first-order valence-corrected chi connectivity index (χ1v) is 11.5. The van der Waals surface area contributed by atoms with Gasteiger partial charge in [-0.1, -0.05) is 12.1 Å². The Balaban J connectivity index is 2.06. The van der Waals surface area contributed by atoms with Crippen LogP contribution < -0.4 is 10.6 Å². The van der Waals surface area contributed by atoms with Gasteiger partial charge in [0.25, 0.3) is 0 Å². The molecule has 0 radical (unpaired) electrons. The van der Waals surface area contributed by atoms with Gasteiger partial charge in [-0.05, 0) is 63.4 Å². The van der Waals surface area contributed by atoms with E-state index in [1.54, 1.807) is 58.2 Å². The molecule has 1 aromatic carbocycles. The van der Waals surface area contributed by atoms with E-state index in [-0.39, 0.29) is 25.0 Å². The molecular weight excluding hydrogens is 450 g/mol. The zero-order valence-corrected chi connectivity index (χ0v) is 20.6. The van der Waals surface area contributed by atoms with Crippen molar-refractivity contribution in [2.45, 2.75) is 58.6 Å². The van der Waals surface area contributed by atoms with E-state index < -0.39 is 35.5 Å². The van der Waals surface area contributed by atoms with Crippen LogP contribution in [0.2, 0.25) is 0 Å². The number of nitrogens with zero attached hydrogens (tertiary/aromatic N) is 1. The summed E-state index contributed by atoms with van der Waals surface area (Å²) >= 11 is 0. The molecule has 186 valence electrons. The summed E-state index contributed by atoms with van der Waals surface area (Å²) in [6.45, 7) is 6.85. The third kappa shape index (κ3) is 6.88. The highest BCUT2D eigenvalue weighted by molar-refractivity contribution is 6.08. The molecule has 3 rings (SSSR count). The van der Waals surface area contributed by atoms with Gasteiger partial charge < -0.3 is 20.1 Å². The number of hydrogen-bond acceptors (Lipinski definition) is 7. The Morgan fingerprint density at radius 3 is 2.60 bits per heavy atom. The normalized spacial score (nSPS) is 18.3. The van der Waals surface area contributed by atoms with Gasteiger partial charge in [-0.15, -0.1) is 0 Å². The summed E-state index contributed by atoms with van der Waals surface area (Å²) in [5, 5.41) is 5.66. The number of hydrogen-bond donors (Lipinski definition) is 2. The lowest BCUT2D eigenvalue weighted by Gasteiger charge is -2.24. The summed E-state index contributed by atoms with van der Waals surface area (Å²) in [6.07, 6.45) is 1.36. The first kappa shape index (κ1) is 25.9. The van der Waals surface area contributed by atoms with Crippen LogP contribution in [-0.4, -0.2) is 41.4 Å². The average Bonchev–Trinajstić information content (AvgIpc) is 2.79. The number of carbonyl (C=O) groups excluding carboxylic acids is 4. The number of esters is 1. The number of nitrogens with one attached hydrogen (secondary N) is 2. The van der Waals surface area contributed by atoms with E-state index >= 15 is 0 Å². The number of benzene rings is 1. The number of ether oxygens (including phenoxy) is 2. The fraction of sp³-hybridized carbons (Fsp3) is 0.423. The molecule has 0 aliphatic carbocycles. The molecule has 35 heavy (non-hydrogen) atoms. The highest BCUT2D eigenvalue weighted by atomic mass is 16.6. The highest BCUT2D eigenvalue weighted by Gasteiger charge is 2.27. The second-order valence-corrected chi connectivity index (χ2v) is 9.52. The highest BCUT2D eigenvalue weighted by Crippen LogP contribution is 2.32. The lowest BCUT2D eigenvalue weighted by molar-refractivity contribution is -0.139. The zero-order chi connectivity index (χ0) is 25.8. The largest absolute Gasteiger partial charge is 0.469 e. The van der Waals surface area contributed by atoms with E-state index in [1.807, 2.05) is 6.07 Å². The fourth-order valence-electron chi connectivity index (χ4n) is 3.74. The Bertz CT molecular complexity index is 1140. The van der Waals surface area contributed by atoms with Crippen molar-refractivity contribution < 1.29 is 28.7 Å². The second-order valence-electron chi connectivity index (χ2n) is 9.52. The fourth-order valence-corrected chi connectivity index (χ4v) is 3.74. The van der Waals surface area contributed by atoms with Gasteiger partial charge in [-0.2, -0.15) is 0 Å². The van der Waals surface area contributed by atoms with Crippen LogP contribution in [0.5, 0.6) is 0 Å². The standard InChI is InChI=1S/C26H31N3O6/c1-15-22(30)9-8-19(29-25(33)35-26(2,3)4)21-14-17(10-11-27-21)18-7-6-16(13-23(31)34-5)12-20(18)28-24(15)32/h6-7,10-12,14-15,19H,8-9,13H2,1-5H3,(H,28,32)(H,29,33)/t15-,19+/m1/s1. The maximum absolute atomic E-state index is 12.9. The summed E-state index contributed by atoms with van der Waals surface area (Å²) < 4.78 is 10.1. The SMILES string of the molecule is COC(=O)Cc1ccc2c(c1)NC(=O)[C@H](C)C(=O)CC[C@H](NC(=O)OC(C)(C)C)c1cc-2ccn1. The summed E-state index contributed by atoms with van der Waals surface area (Å²) in [5.74, 6) is -2.02. The van der Waals surface area contributed by atoms with E-state index in [1.165, 1.54) is 7.11 Å². The number of aromatic nitrogens is 1. The molecule has 2 N–H and O–H groups in total. The Hall–Kier alpha value is -3.75. The topological polar surface area (TPSA) is 124 Å². The molecule has 2 atom stereocenters. The van der Waals surface area contributed by atoms with Crippen molar-refractivity contribution in [2.75, 3.05) is 12.4 Å². The van der Waals surface area contributed by atoms with Crippen molar-refractivity contribution in [3.63, 3.8) is 0 Å². The Morgan fingerprint density at radius 1 is 1.17 bits per heavy atom. The molecule has 2 aromatic rings. The van der Waals surface area contributed by atoms with Crippen molar-refractivity contribution in [1.29, 1.82) is 0 Å². The summed E-state index contributed by atoms with van der Waals surface area (Å²) in [6, 6.07) is 8.27. The molecule has 0 spiro atoms. The first-order valence-electron chi connectivity index (χ1n) is 11.5. The molecule has 9 nitrogen and oxygen atoms in total. The molecule has 1 aromatic heterocycles. The molecule has 9 heteroatoms. The third-order valence-electron chi connectivity index (χ3n) is 5.61. The van der Waals surface area contributed by atoms with E-state index in [2.05, 4.69) is 15.6 Å². The van der Waals surface area contributed by atoms with Crippen LogP contribution in [0.1, 0.15) is 57.8 Å². The van der Waals surface area contributed by atoms with Crippen LogP contribution in [0.25, 0.3) is 11.1 Å². The number of carbonyl (C=O) groups is 4. The van der Waals surface area contributed by atoms with Crippen molar-refractivity contribution in [2.24, 2.45) is 5.92 Å². The molecule has 0 saturated carbocycles. The molecular formula is C26H31N3O6. The van der Waals surface area contributed by atoms with Crippen molar-refractivity contribution >= 4 is 29.4 Å². The van der Waals surface area contributed by atoms with Gasteiger partial charge in [0.05, 0.1) is 31.2 Å². The molecule has 0 fully saturated rings. The van der Waals surface area contributed by atoms with Crippen molar-refractivity contribution in [1.82, 2.24) is 10.3 Å². The van der Waals surface area contributed by atoms with Gasteiger partial charge in [0.2, 0.25) is 5.91 Å². The smallest absolute Gasteiger partial charge is 0.408 e. The van der Waals surface area contributed by atoms with Gasteiger partial charge in [0, 0.05) is 23.9 Å². The number of pyridine rings is 1. The van der Waals surface area contributed by atoms with Gasteiger partial charge in [0.15, 0.2) is 0 Å². The summed E-state index contributed by atoms with van der Waals surface area (Å²) in [7, 11) is 1.31. The monoisotopic (exact) mass is 481 g/mol. The van der Waals surface area contributed by atoms with Crippen LogP contribution in [0.3, 0.4) is 0 Å². The van der Waals surface area contributed by atoms with Crippen LogP contribution in [-0.2, 0) is 30.3 Å². The second kappa shape index (κ2) is 10.7. The molecule has 0 unspecified atom stereocenters. The number of alkyl carbamates (subject to hydrolysis) is 1. The van der Waals surface area contributed by atoms with E-state index in [4.69, 9.17) is 9.47 Å². The van der Waals surface area contributed by atoms with Gasteiger partial charge in [-0.25, -0.2) is 4.79 Å². The van der Waals surface area contributed by atoms with Crippen molar-refractivity contribution in [3.05, 3.63) is 47.8 Å². The lowest BCUT2D eigenvalue weighted by Crippen LogP contribution is -2.36. The predicted molar refractivity (Wildman–Crippen MR) is 130 cm³/mol. The number of amides is 2. The number of ketones is 1. The molecule has 1 aliphatic heterocycles. The van der Waals surface area contributed by atoms with Crippen LogP contribution >= 0.6 is 0 Å². The Labute approximate surface area is 204 Å². The van der Waals surface area contributed by atoms with Crippen LogP contribution in [0.4, 0.5) is 10.5 Å². The quantitative estimate of drug-likeness (QED) is 0.502.